The Labute approximate surface area is 83.5 Å². The highest BCUT2D eigenvalue weighted by atomic mass is 16.3. The first-order chi connectivity index (χ1) is 6.97. The molecular formula is C11H14N2O. The maximum Gasteiger partial charge on any atom is 0.180 e. The van der Waals surface area contributed by atoms with Crippen molar-refractivity contribution in [3.8, 4) is 0 Å². The second-order valence-electron chi connectivity index (χ2n) is 3.37. The van der Waals surface area contributed by atoms with Crippen molar-refractivity contribution in [2.45, 2.75) is 12.8 Å². The molecule has 3 rings (SSSR count). The van der Waals surface area contributed by atoms with Gasteiger partial charge in [-0.3, -0.25) is 0 Å². The summed E-state index contributed by atoms with van der Waals surface area (Å²) >= 11 is 0. The molecule has 0 radical (unpaired) electrons. The molecule has 0 bridgehead atoms. The molecule has 2 aliphatic rings. The highest BCUT2D eigenvalue weighted by Gasteiger charge is 2.19. The number of fused-ring (bicyclic) bond motifs is 1. The van der Waals surface area contributed by atoms with E-state index in [1.807, 2.05) is 0 Å². The van der Waals surface area contributed by atoms with Crippen LogP contribution >= 0.6 is 0 Å². The Morgan fingerprint density at radius 1 is 1.50 bits per heavy atom. The highest BCUT2D eigenvalue weighted by molar-refractivity contribution is 5.21. The molecule has 74 valence electrons. The van der Waals surface area contributed by atoms with Crippen LogP contribution < -0.4 is 5.32 Å². The Morgan fingerprint density at radius 3 is 3.14 bits per heavy atom. The van der Waals surface area contributed by atoms with E-state index in [0.29, 0.717) is 0 Å². The Bertz CT molecular complexity index is 297. The van der Waals surface area contributed by atoms with Crippen LogP contribution in [0.25, 0.3) is 0 Å². The van der Waals surface area contributed by atoms with E-state index in [9.17, 15) is 0 Å². The van der Waals surface area contributed by atoms with Crippen molar-refractivity contribution < 1.29 is 4.42 Å². The Hall–Kier alpha value is -1.51. The van der Waals surface area contributed by atoms with E-state index in [0.717, 1.165) is 5.92 Å². The minimum absolute atomic E-state index is 0.829. The van der Waals surface area contributed by atoms with Crippen LogP contribution in [0, 0.1) is 5.92 Å². The number of rotatable bonds is 0. The summed E-state index contributed by atoms with van der Waals surface area (Å²) in [5.41, 5.74) is 1.46. The third-order valence-electron chi connectivity index (χ3n) is 2.44. The van der Waals surface area contributed by atoms with Crippen LogP contribution in [0.4, 0.5) is 0 Å². The number of hydrogen-bond acceptors (Lipinski definition) is 3. The molecule has 0 saturated carbocycles. The maximum atomic E-state index is 4.47. The zero-order valence-electron chi connectivity index (χ0n) is 8.02. The van der Waals surface area contributed by atoms with E-state index in [4.69, 9.17) is 0 Å². The van der Waals surface area contributed by atoms with Gasteiger partial charge in [-0.1, -0.05) is 12.2 Å². The van der Waals surface area contributed by atoms with Gasteiger partial charge >= 0.3 is 0 Å². The molecule has 1 unspecified atom stereocenters. The van der Waals surface area contributed by atoms with Crippen molar-refractivity contribution in [1.82, 2.24) is 10.3 Å². The predicted molar refractivity (Wildman–Crippen MR) is 54.5 cm³/mol. The predicted octanol–water partition coefficient (Wildman–Crippen LogP) is 2.11. The average Bonchev–Trinajstić information content (AvgIpc) is 2.92. The Balaban J connectivity index is 0.000000128. The summed E-state index contributed by atoms with van der Waals surface area (Å²) in [6.07, 6.45) is 13.6. The van der Waals surface area contributed by atoms with Crippen molar-refractivity contribution in [2.75, 3.05) is 6.54 Å². The summed E-state index contributed by atoms with van der Waals surface area (Å²) in [4.78, 5) is 3.56. The lowest BCUT2D eigenvalue weighted by Crippen LogP contribution is -2.07. The van der Waals surface area contributed by atoms with Crippen LogP contribution in [-0.4, -0.2) is 11.5 Å². The highest BCUT2D eigenvalue weighted by Crippen LogP contribution is 2.25. The first-order valence-corrected chi connectivity index (χ1v) is 4.89. The Kier molecular flexibility index (Phi) is 3.01. The number of hydrogen-bond donors (Lipinski definition) is 1. The first-order valence-electron chi connectivity index (χ1n) is 4.89. The van der Waals surface area contributed by atoms with E-state index in [-0.39, 0.29) is 0 Å². The number of nitrogens with zero attached hydrogens (tertiary/aromatic N) is 1. The van der Waals surface area contributed by atoms with E-state index < -0.39 is 0 Å². The summed E-state index contributed by atoms with van der Waals surface area (Å²) in [5.74, 6) is 0.829. The van der Waals surface area contributed by atoms with Gasteiger partial charge in [0, 0.05) is 18.2 Å². The van der Waals surface area contributed by atoms with Gasteiger partial charge in [0.2, 0.25) is 0 Å². The molecule has 1 aliphatic heterocycles. The maximum absolute atomic E-state index is 4.47. The second kappa shape index (κ2) is 4.65. The van der Waals surface area contributed by atoms with Gasteiger partial charge in [-0.25, -0.2) is 4.98 Å². The fraction of sp³-hybridized carbons (Fsp3) is 0.364. The lowest BCUT2D eigenvalue weighted by Gasteiger charge is -2.10. The monoisotopic (exact) mass is 190 g/mol. The van der Waals surface area contributed by atoms with E-state index in [1.165, 1.54) is 37.7 Å². The van der Waals surface area contributed by atoms with Gasteiger partial charge in [-0.05, 0) is 18.9 Å². The first kappa shape index (κ1) is 9.06. The molecule has 1 aliphatic carbocycles. The third kappa shape index (κ3) is 2.25. The van der Waals surface area contributed by atoms with Gasteiger partial charge in [0.15, 0.2) is 6.39 Å². The van der Waals surface area contributed by atoms with Gasteiger partial charge in [0.05, 0.1) is 6.20 Å². The molecular weight excluding hydrogens is 176 g/mol. The lowest BCUT2D eigenvalue weighted by atomic mass is 9.97. The van der Waals surface area contributed by atoms with Gasteiger partial charge in [0.1, 0.15) is 6.26 Å². The topological polar surface area (TPSA) is 38.1 Å². The van der Waals surface area contributed by atoms with Crippen LogP contribution in [0.3, 0.4) is 0 Å². The molecule has 1 aromatic heterocycles. The minimum atomic E-state index is 0.829. The summed E-state index contributed by atoms with van der Waals surface area (Å²) in [7, 11) is 0. The van der Waals surface area contributed by atoms with Crippen molar-refractivity contribution in [3.05, 3.63) is 42.8 Å². The van der Waals surface area contributed by atoms with Crippen LogP contribution in [0.15, 0.2) is 47.2 Å². The van der Waals surface area contributed by atoms with Gasteiger partial charge < -0.3 is 9.73 Å². The van der Waals surface area contributed by atoms with Crippen LogP contribution in [0.2, 0.25) is 0 Å². The summed E-state index contributed by atoms with van der Waals surface area (Å²) in [6, 6.07) is 0. The van der Waals surface area contributed by atoms with Crippen LogP contribution in [-0.2, 0) is 0 Å². The molecule has 2 heterocycles. The summed E-state index contributed by atoms with van der Waals surface area (Å²) in [5, 5.41) is 3.37. The van der Waals surface area contributed by atoms with Crippen LogP contribution in [0.5, 0.6) is 0 Å². The van der Waals surface area contributed by atoms with E-state index >= 15 is 0 Å². The molecule has 1 saturated heterocycles. The molecule has 0 aromatic carbocycles. The largest absolute Gasteiger partial charge is 0.452 e. The van der Waals surface area contributed by atoms with Crippen molar-refractivity contribution >= 4 is 0 Å². The molecule has 3 nitrogen and oxygen atoms in total. The minimum Gasteiger partial charge on any atom is -0.452 e. The second-order valence-corrected chi connectivity index (χ2v) is 3.37. The summed E-state index contributed by atoms with van der Waals surface area (Å²) in [6.45, 7) is 1.18. The quantitative estimate of drug-likeness (QED) is 0.681. The molecule has 1 fully saturated rings. The van der Waals surface area contributed by atoms with E-state index in [1.54, 1.807) is 6.20 Å². The standard InChI is InChI=1S/C8H11N.C3H3NO/c1-2-4-8-7(3-1)5-6-9-8;1-2-5-3-4-1/h1-2,4,7,9H,3,5-6H2;1-3H. The molecule has 14 heavy (non-hydrogen) atoms. The van der Waals surface area contributed by atoms with Crippen LogP contribution in [0.1, 0.15) is 12.8 Å². The van der Waals surface area contributed by atoms with Crippen molar-refractivity contribution in [3.63, 3.8) is 0 Å². The fourth-order valence-electron chi connectivity index (χ4n) is 1.72. The van der Waals surface area contributed by atoms with Gasteiger partial charge in [-0.2, -0.15) is 0 Å². The molecule has 0 spiro atoms. The lowest BCUT2D eigenvalue weighted by molar-refractivity contribution is 0.558. The normalized spacial score (nSPS) is 22.9. The third-order valence-corrected chi connectivity index (χ3v) is 2.44. The summed E-state index contributed by atoms with van der Waals surface area (Å²) < 4.78 is 4.47. The average molecular weight is 190 g/mol. The van der Waals surface area contributed by atoms with Gasteiger partial charge in [-0.15, -0.1) is 0 Å². The van der Waals surface area contributed by atoms with Crippen molar-refractivity contribution in [1.29, 1.82) is 0 Å². The molecule has 0 amide bonds. The Morgan fingerprint density at radius 2 is 2.50 bits per heavy atom. The molecule has 1 atom stereocenters. The fourth-order valence-corrected chi connectivity index (χ4v) is 1.72. The SMILES string of the molecule is C1=CCC2CCNC2=C1.c1cocn1. The molecule has 1 aromatic rings. The number of allylic oxidation sites excluding steroid dienone is 4. The smallest absolute Gasteiger partial charge is 0.180 e. The molecule has 3 heteroatoms. The van der Waals surface area contributed by atoms with Crippen molar-refractivity contribution in [2.24, 2.45) is 5.92 Å². The van der Waals surface area contributed by atoms with E-state index in [2.05, 4.69) is 32.9 Å². The number of aromatic nitrogens is 1. The van der Waals surface area contributed by atoms with Gasteiger partial charge in [0.25, 0.3) is 0 Å². The zero-order chi connectivity index (χ0) is 9.64. The number of nitrogens with one attached hydrogen (secondary N) is 1. The number of oxazole rings is 1. The zero-order valence-corrected chi connectivity index (χ0v) is 8.02. The molecule has 1 N–H and O–H groups in total.